The minimum Gasteiger partial charge on any atom is -0.340 e. The summed E-state index contributed by atoms with van der Waals surface area (Å²) in [6.07, 6.45) is 2.23. The Hall–Kier alpha value is -7.03. The third-order valence-corrected chi connectivity index (χ3v) is 12.8. The molecule has 2 aliphatic carbocycles. The van der Waals surface area contributed by atoms with Gasteiger partial charge in [-0.3, -0.25) is 4.99 Å². The number of hydrogen-bond donors (Lipinski definition) is 1. The highest BCUT2D eigenvalue weighted by Gasteiger charge is 2.53. The molecule has 1 spiro atoms. The van der Waals surface area contributed by atoms with Crippen LogP contribution in [-0.2, 0) is 10.8 Å². The predicted molar refractivity (Wildman–Crippen MR) is 240 cm³/mol. The third-order valence-electron chi connectivity index (χ3n) is 12.8. The number of amidine groups is 1. The van der Waals surface area contributed by atoms with Crippen LogP contribution >= 0.6 is 0 Å². The molecule has 3 aliphatic rings. The van der Waals surface area contributed by atoms with E-state index in [1.807, 2.05) is 0 Å². The van der Waals surface area contributed by atoms with Crippen LogP contribution < -0.4 is 5.32 Å². The molecule has 0 fully saturated rings. The molecule has 0 saturated carbocycles. The van der Waals surface area contributed by atoms with Gasteiger partial charge in [0, 0.05) is 16.7 Å². The monoisotopic (exact) mass is 742 g/mol. The molecule has 1 heterocycles. The van der Waals surface area contributed by atoms with Gasteiger partial charge in [-0.25, -0.2) is 0 Å². The Morgan fingerprint density at radius 2 is 0.879 bits per heavy atom. The molecule has 1 N–H and O–H groups in total. The molecular formula is C56H42N2. The average molecular weight is 743 g/mol. The van der Waals surface area contributed by atoms with Gasteiger partial charge in [-0.2, -0.15) is 0 Å². The second kappa shape index (κ2) is 13.3. The summed E-state index contributed by atoms with van der Waals surface area (Å²) in [5, 5.41) is 3.69. The van der Waals surface area contributed by atoms with E-state index >= 15 is 0 Å². The number of rotatable bonds is 5. The summed E-state index contributed by atoms with van der Waals surface area (Å²) >= 11 is 0. The van der Waals surface area contributed by atoms with E-state index in [0.29, 0.717) is 0 Å². The molecule has 58 heavy (non-hydrogen) atoms. The van der Waals surface area contributed by atoms with Gasteiger partial charge in [0.2, 0.25) is 0 Å². The number of hydrogen-bond acceptors (Lipinski definition) is 2. The highest BCUT2D eigenvalue weighted by atomic mass is 15.0. The molecule has 1 aliphatic heterocycles. The van der Waals surface area contributed by atoms with E-state index in [1.165, 1.54) is 66.8 Å². The molecule has 2 heteroatoms. The normalized spacial score (nSPS) is 16.6. The lowest BCUT2D eigenvalue weighted by molar-refractivity contribution is 0.563. The van der Waals surface area contributed by atoms with E-state index in [4.69, 9.17) is 4.99 Å². The summed E-state index contributed by atoms with van der Waals surface area (Å²) in [6.45, 7) is 4.76. The first-order chi connectivity index (χ1) is 28.5. The van der Waals surface area contributed by atoms with Crippen LogP contribution in [0.1, 0.15) is 70.0 Å². The first-order valence-electron chi connectivity index (χ1n) is 20.3. The number of fused-ring (bicyclic) bond motifs is 9. The highest BCUT2D eigenvalue weighted by Crippen LogP contribution is 2.62. The predicted octanol–water partition coefficient (Wildman–Crippen LogP) is 13.2. The lowest BCUT2D eigenvalue weighted by Crippen LogP contribution is -2.40. The van der Waals surface area contributed by atoms with Gasteiger partial charge in [0.25, 0.3) is 0 Å². The molecule has 0 amide bonds. The molecule has 2 nitrogen and oxygen atoms in total. The lowest BCUT2D eigenvalue weighted by atomic mass is 9.55. The molecule has 0 saturated heterocycles. The van der Waals surface area contributed by atoms with E-state index in [-0.39, 0.29) is 16.9 Å². The SMILES string of the molecule is CC1(C)c2ccccc2C2(c3ccccc3-c3cc(-c4cccc(-c5cccc(C6=NC(c7ccccc7)C=C(c7ccccc7)N6)c5)c4)ccc32)c2ccccc21. The fourth-order valence-corrected chi connectivity index (χ4v) is 10.1. The van der Waals surface area contributed by atoms with E-state index in [1.54, 1.807) is 0 Å². The molecular weight excluding hydrogens is 701 g/mol. The Balaban J connectivity index is 0.995. The van der Waals surface area contributed by atoms with E-state index in [2.05, 4.69) is 225 Å². The Morgan fingerprint density at radius 3 is 1.53 bits per heavy atom. The van der Waals surface area contributed by atoms with Crippen molar-refractivity contribution in [3.63, 3.8) is 0 Å². The van der Waals surface area contributed by atoms with Gasteiger partial charge in [-0.05, 0) is 102 Å². The average Bonchev–Trinajstić information content (AvgIpc) is 3.59. The number of nitrogens with zero attached hydrogens (tertiary/aromatic N) is 1. The fourth-order valence-electron chi connectivity index (χ4n) is 10.1. The molecule has 1 unspecified atom stereocenters. The lowest BCUT2D eigenvalue weighted by Gasteiger charge is -2.46. The molecule has 8 aromatic rings. The van der Waals surface area contributed by atoms with Crippen molar-refractivity contribution in [2.45, 2.75) is 30.7 Å². The van der Waals surface area contributed by atoms with Gasteiger partial charge >= 0.3 is 0 Å². The van der Waals surface area contributed by atoms with Crippen molar-refractivity contribution in [3.8, 4) is 33.4 Å². The molecule has 0 aromatic heterocycles. The summed E-state index contributed by atoms with van der Waals surface area (Å²) < 4.78 is 0. The first kappa shape index (κ1) is 34.2. The van der Waals surface area contributed by atoms with Crippen LogP contribution in [0.2, 0.25) is 0 Å². The van der Waals surface area contributed by atoms with Gasteiger partial charge in [-0.1, -0.05) is 196 Å². The van der Waals surface area contributed by atoms with Crippen LogP contribution in [0, 0.1) is 0 Å². The topological polar surface area (TPSA) is 24.4 Å². The Kier molecular flexibility index (Phi) is 7.84. The summed E-state index contributed by atoms with van der Waals surface area (Å²) in [5.74, 6) is 0.869. The molecule has 276 valence electrons. The van der Waals surface area contributed by atoms with Crippen LogP contribution in [0.25, 0.3) is 39.1 Å². The summed E-state index contributed by atoms with van der Waals surface area (Å²) in [5.41, 5.74) is 19.6. The molecule has 0 bridgehead atoms. The molecule has 0 radical (unpaired) electrons. The van der Waals surface area contributed by atoms with Gasteiger partial charge in [0.15, 0.2) is 0 Å². The Morgan fingerprint density at radius 1 is 0.397 bits per heavy atom. The smallest absolute Gasteiger partial charge is 0.133 e. The van der Waals surface area contributed by atoms with Gasteiger partial charge < -0.3 is 5.32 Å². The minimum atomic E-state index is -0.388. The zero-order valence-corrected chi connectivity index (χ0v) is 32.7. The maximum Gasteiger partial charge on any atom is 0.133 e. The first-order valence-corrected chi connectivity index (χ1v) is 20.3. The van der Waals surface area contributed by atoms with E-state index < -0.39 is 0 Å². The number of nitrogens with one attached hydrogen (secondary N) is 1. The van der Waals surface area contributed by atoms with Crippen molar-refractivity contribution >= 4 is 11.5 Å². The third kappa shape index (κ3) is 5.22. The van der Waals surface area contributed by atoms with Gasteiger partial charge in [0.1, 0.15) is 5.84 Å². The minimum absolute atomic E-state index is 0.0919. The zero-order valence-electron chi connectivity index (χ0n) is 32.7. The number of aliphatic imine (C=N–C) groups is 1. The van der Waals surface area contributed by atoms with E-state index in [0.717, 1.165) is 28.2 Å². The van der Waals surface area contributed by atoms with Crippen molar-refractivity contribution < 1.29 is 0 Å². The quantitative estimate of drug-likeness (QED) is 0.187. The van der Waals surface area contributed by atoms with Crippen molar-refractivity contribution in [3.05, 3.63) is 256 Å². The molecule has 1 atom stereocenters. The van der Waals surface area contributed by atoms with Gasteiger partial charge in [-0.15, -0.1) is 0 Å². The van der Waals surface area contributed by atoms with Crippen molar-refractivity contribution in [2.24, 2.45) is 4.99 Å². The van der Waals surface area contributed by atoms with Crippen LogP contribution in [0.5, 0.6) is 0 Å². The van der Waals surface area contributed by atoms with Crippen LogP contribution in [0.15, 0.2) is 211 Å². The number of benzene rings is 8. The summed E-state index contributed by atoms with van der Waals surface area (Å²) in [7, 11) is 0. The molecule has 8 aromatic carbocycles. The fraction of sp³-hybridized carbons (Fsp3) is 0.0893. The second-order valence-electron chi connectivity index (χ2n) is 16.3. The van der Waals surface area contributed by atoms with Crippen LogP contribution in [0.4, 0.5) is 0 Å². The Labute approximate surface area is 340 Å². The highest BCUT2D eigenvalue weighted by molar-refractivity contribution is 6.05. The largest absolute Gasteiger partial charge is 0.340 e. The zero-order chi connectivity index (χ0) is 38.8. The van der Waals surface area contributed by atoms with Crippen molar-refractivity contribution in [1.82, 2.24) is 5.32 Å². The standard InChI is InChI=1S/C56H42N2/c1-55(2)48-27-11-13-29-50(48)56(51-30-14-12-28-49(51)55)46-26-10-9-25-44(46)45-35-42(31-32-47(45)56)40-22-15-21-39(33-40)41-23-16-24-43(34-41)54-57-52(37-17-5-3-6-18-37)36-53(58-54)38-19-7-4-8-20-38/h3-36,52H,1-2H3,(H,57,58). The van der Waals surface area contributed by atoms with Crippen molar-refractivity contribution in [1.29, 1.82) is 0 Å². The summed E-state index contributed by atoms with van der Waals surface area (Å²) in [6, 6.07) is 73.3. The summed E-state index contributed by atoms with van der Waals surface area (Å²) in [4.78, 5) is 5.25. The van der Waals surface area contributed by atoms with Crippen LogP contribution in [0.3, 0.4) is 0 Å². The van der Waals surface area contributed by atoms with E-state index in [9.17, 15) is 0 Å². The molecule has 11 rings (SSSR count). The van der Waals surface area contributed by atoms with Gasteiger partial charge in [0.05, 0.1) is 11.5 Å². The second-order valence-corrected chi connectivity index (χ2v) is 16.3. The maximum atomic E-state index is 5.25. The Bertz CT molecular complexity index is 2900. The van der Waals surface area contributed by atoms with Crippen LogP contribution in [-0.4, -0.2) is 5.84 Å². The maximum absolute atomic E-state index is 5.25. The van der Waals surface area contributed by atoms with Crippen molar-refractivity contribution in [2.75, 3.05) is 0 Å².